The lowest BCUT2D eigenvalue weighted by Gasteiger charge is -2.23. The van der Waals surface area contributed by atoms with Crippen molar-refractivity contribution in [2.45, 2.75) is 26.3 Å². The molecule has 3 aromatic carbocycles. The van der Waals surface area contributed by atoms with Crippen LogP contribution in [-0.2, 0) is 6.54 Å². The predicted molar refractivity (Wildman–Crippen MR) is 129 cm³/mol. The molecule has 0 spiro atoms. The van der Waals surface area contributed by atoms with Gasteiger partial charge in [0.05, 0.1) is 29.1 Å². The van der Waals surface area contributed by atoms with E-state index in [0.29, 0.717) is 24.1 Å². The van der Waals surface area contributed by atoms with Gasteiger partial charge in [0.25, 0.3) is 5.91 Å². The van der Waals surface area contributed by atoms with Crippen LogP contribution in [0.1, 0.15) is 34.5 Å². The molecular formula is C28H26FN3O2. The van der Waals surface area contributed by atoms with Crippen LogP contribution < -0.4 is 4.74 Å². The van der Waals surface area contributed by atoms with Crippen molar-refractivity contribution >= 4 is 5.91 Å². The smallest absolute Gasteiger partial charge is 0.257 e. The summed E-state index contributed by atoms with van der Waals surface area (Å²) in [4.78, 5) is 15.1. The van der Waals surface area contributed by atoms with Crippen LogP contribution in [0.4, 0.5) is 4.39 Å². The molecule has 172 valence electrons. The summed E-state index contributed by atoms with van der Waals surface area (Å²) in [6.07, 6.45) is 2.16. The van der Waals surface area contributed by atoms with Crippen LogP contribution in [0.25, 0.3) is 5.69 Å². The molecule has 1 aromatic heterocycles. The van der Waals surface area contributed by atoms with E-state index in [0.717, 1.165) is 29.8 Å². The fourth-order valence-electron chi connectivity index (χ4n) is 4.00. The molecule has 0 atom stereocenters. The normalized spacial score (nSPS) is 13.0. The Bertz CT molecular complexity index is 1280. The molecule has 4 aromatic rings. The van der Waals surface area contributed by atoms with E-state index in [1.54, 1.807) is 27.8 Å². The molecule has 0 bridgehead atoms. The van der Waals surface area contributed by atoms with Gasteiger partial charge in [-0.15, -0.1) is 0 Å². The molecule has 0 N–H and O–H groups in total. The van der Waals surface area contributed by atoms with E-state index in [2.05, 4.69) is 0 Å². The molecule has 5 nitrogen and oxygen atoms in total. The lowest BCUT2D eigenvalue weighted by Crippen LogP contribution is -2.33. The molecule has 1 aliphatic rings. The Morgan fingerprint density at radius 2 is 1.65 bits per heavy atom. The summed E-state index contributed by atoms with van der Waals surface area (Å²) in [5.74, 6) is 0.846. The molecule has 0 radical (unpaired) electrons. The third-order valence-corrected chi connectivity index (χ3v) is 6.01. The fraction of sp³-hybridized carbons (Fsp3) is 0.214. The Hall–Kier alpha value is -3.93. The van der Waals surface area contributed by atoms with Crippen LogP contribution in [0, 0.1) is 18.7 Å². The van der Waals surface area contributed by atoms with Gasteiger partial charge in [0.15, 0.2) is 0 Å². The van der Waals surface area contributed by atoms with Crippen molar-refractivity contribution in [3.05, 3.63) is 108 Å². The number of carbonyl (C=O) groups excluding carboxylic acids is 1. The lowest BCUT2D eigenvalue weighted by molar-refractivity contribution is 0.0729. The van der Waals surface area contributed by atoms with Crippen molar-refractivity contribution < 1.29 is 13.9 Å². The van der Waals surface area contributed by atoms with Gasteiger partial charge < -0.3 is 9.64 Å². The van der Waals surface area contributed by atoms with Crippen LogP contribution >= 0.6 is 0 Å². The highest BCUT2D eigenvalue weighted by atomic mass is 19.1. The number of hydrogen-bond acceptors (Lipinski definition) is 3. The zero-order valence-corrected chi connectivity index (χ0v) is 19.0. The largest absolute Gasteiger partial charge is 0.439 e. The van der Waals surface area contributed by atoms with Crippen molar-refractivity contribution in [2.24, 2.45) is 5.92 Å². The van der Waals surface area contributed by atoms with Crippen molar-refractivity contribution in [3.8, 4) is 17.3 Å². The van der Waals surface area contributed by atoms with E-state index in [9.17, 15) is 9.18 Å². The summed E-state index contributed by atoms with van der Waals surface area (Å²) in [5, 5.41) is 4.75. The molecule has 1 aliphatic carbocycles. The number of para-hydroxylation sites is 2. The number of nitrogens with zero attached hydrogens (tertiary/aromatic N) is 3. The first-order valence-electron chi connectivity index (χ1n) is 11.5. The first kappa shape index (κ1) is 21.9. The lowest BCUT2D eigenvalue weighted by atomic mass is 10.1. The Morgan fingerprint density at radius 1 is 1.00 bits per heavy atom. The highest BCUT2D eigenvalue weighted by Gasteiger charge is 2.30. The average molecular weight is 456 g/mol. The first-order valence-corrected chi connectivity index (χ1v) is 11.5. The van der Waals surface area contributed by atoms with Gasteiger partial charge in [0.1, 0.15) is 11.6 Å². The number of benzene rings is 3. The first-order chi connectivity index (χ1) is 16.6. The number of rotatable bonds is 8. The number of aromatic nitrogens is 2. The minimum Gasteiger partial charge on any atom is -0.439 e. The molecule has 1 fully saturated rings. The maximum absolute atomic E-state index is 14.5. The van der Waals surface area contributed by atoms with E-state index >= 15 is 0 Å². The summed E-state index contributed by atoms with van der Waals surface area (Å²) >= 11 is 0. The number of carbonyl (C=O) groups is 1. The predicted octanol–water partition coefficient (Wildman–Crippen LogP) is 6.16. The van der Waals surface area contributed by atoms with Gasteiger partial charge in [0, 0.05) is 6.54 Å². The minimum absolute atomic E-state index is 0.0850. The van der Waals surface area contributed by atoms with E-state index in [1.165, 1.54) is 6.07 Å². The van der Waals surface area contributed by atoms with Crippen LogP contribution in [0.15, 0.2) is 84.9 Å². The van der Waals surface area contributed by atoms with Crippen molar-refractivity contribution in [1.82, 2.24) is 14.7 Å². The Balaban J connectivity index is 1.55. The summed E-state index contributed by atoms with van der Waals surface area (Å²) in [6.45, 7) is 2.77. The SMILES string of the molecule is Cc1nn(-c2ccccc2)c(Oc2ccccc2)c1CN(CC1CC1)C(=O)c1ccccc1F. The van der Waals surface area contributed by atoms with Crippen LogP contribution in [-0.4, -0.2) is 27.1 Å². The van der Waals surface area contributed by atoms with Gasteiger partial charge in [-0.3, -0.25) is 4.79 Å². The maximum atomic E-state index is 14.5. The second kappa shape index (κ2) is 9.51. The number of ether oxygens (including phenoxy) is 1. The quantitative estimate of drug-likeness (QED) is 0.319. The summed E-state index contributed by atoms with van der Waals surface area (Å²) < 4.78 is 22.6. The second-order valence-corrected chi connectivity index (χ2v) is 8.64. The van der Waals surface area contributed by atoms with Crippen LogP contribution in [0.3, 0.4) is 0 Å². The number of hydrogen-bond donors (Lipinski definition) is 0. The maximum Gasteiger partial charge on any atom is 0.257 e. The van der Waals surface area contributed by atoms with Crippen LogP contribution in [0.5, 0.6) is 11.6 Å². The third-order valence-electron chi connectivity index (χ3n) is 6.01. The zero-order chi connectivity index (χ0) is 23.5. The highest BCUT2D eigenvalue weighted by Crippen LogP contribution is 2.34. The molecule has 0 saturated heterocycles. The molecule has 34 heavy (non-hydrogen) atoms. The average Bonchev–Trinajstić information content (AvgIpc) is 3.64. The molecule has 5 rings (SSSR count). The minimum atomic E-state index is -0.509. The zero-order valence-electron chi connectivity index (χ0n) is 19.0. The highest BCUT2D eigenvalue weighted by molar-refractivity contribution is 5.94. The molecule has 0 unspecified atom stereocenters. The van der Waals surface area contributed by atoms with Crippen molar-refractivity contribution in [1.29, 1.82) is 0 Å². The van der Waals surface area contributed by atoms with Crippen LogP contribution in [0.2, 0.25) is 0 Å². The van der Waals surface area contributed by atoms with E-state index < -0.39 is 5.82 Å². The third kappa shape index (κ3) is 4.71. The Morgan fingerprint density at radius 3 is 2.32 bits per heavy atom. The Labute approximate surface area is 198 Å². The molecule has 6 heteroatoms. The number of amides is 1. The molecule has 1 heterocycles. The topological polar surface area (TPSA) is 47.4 Å². The molecule has 0 aliphatic heterocycles. The number of aryl methyl sites for hydroxylation is 1. The van der Waals surface area contributed by atoms with E-state index in [1.807, 2.05) is 67.6 Å². The molecule has 1 saturated carbocycles. The van der Waals surface area contributed by atoms with E-state index in [-0.39, 0.29) is 18.0 Å². The summed E-state index contributed by atoms with van der Waals surface area (Å²) in [7, 11) is 0. The summed E-state index contributed by atoms with van der Waals surface area (Å²) in [6, 6.07) is 25.4. The molecule has 1 amide bonds. The Kier molecular flexibility index (Phi) is 6.12. The van der Waals surface area contributed by atoms with Gasteiger partial charge in [-0.25, -0.2) is 9.07 Å². The van der Waals surface area contributed by atoms with Crippen molar-refractivity contribution in [3.63, 3.8) is 0 Å². The fourth-order valence-corrected chi connectivity index (χ4v) is 4.00. The molecular weight excluding hydrogens is 429 g/mol. The van der Waals surface area contributed by atoms with Gasteiger partial charge in [0.2, 0.25) is 5.88 Å². The van der Waals surface area contributed by atoms with Gasteiger partial charge in [-0.1, -0.05) is 48.5 Å². The van der Waals surface area contributed by atoms with Gasteiger partial charge >= 0.3 is 0 Å². The monoisotopic (exact) mass is 455 g/mol. The second-order valence-electron chi connectivity index (χ2n) is 8.64. The number of halogens is 1. The standard InChI is InChI=1S/C28H26FN3O2/c1-20-25(19-31(18-21-16-17-21)27(33)24-14-8-9-15-26(24)29)28(34-23-12-6-3-7-13-23)32(30-20)22-10-4-2-5-11-22/h2-15,21H,16-19H2,1H3. The summed E-state index contributed by atoms with van der Waals surface area (Å²) in [5.41, 5.74) is 2.51. The van der Waals surface area contributed by atoms with Gasteiger partial charge in [-0.05, 0) is 62.1 Å². The van der Waals surface area contributed by atoms with Gasteiger partial charge in [-0.2, -0.15) is 5.10 Å². The van der Waals surface area contributed by atoms with E-state index in [4.69, 9.17) is 9.84 Å². The van der Waals surface area contributed by atoms with Crippen molar-refractivity contribution in [2.75, 3.05) is 6.54 Å².